The number of halogens is 1. The van der Waals surface area contributed by atoms with Crippen molar-refractivity contribution in [2.45, 2.75) is 32.7 Å². The van der Waals surface area contributed by atoms with Crippen LogP contribution in [-0.4, -0.2) is 56.8 Å². The van der Waals surface area contributed by atoms with E-state index in [0.717, 1.165) is 58.3 Å². The van der Waals surface area contributed by atoms with Crippen molar-refractivity contribution in [3.05, 3.63) is 35.9 Å². The van der Waals surface area contributed by atoms with Gasteiger partial charge in [0, 0.05) is 26.2 Å². The largest absolute Gasteiger partial charge is 0.379 e. The van der Waals surface area contributed by atoms with Gasteiger partial charge in [0.25, 0.3) is 0 Å². The second-order valence-electron chi connectivity index (χ2n) is 6.07. The highest BCUT2D eigenvalue weighted by atomic mass is 127. The summed E-state index contributed by atoms with van der Waals surface area (Å²) in [6, 6.07) is 11.0. The fraction of sp³-hybridized carbons (Fsp3) is 0.632. The number of hydrogen-bond acceptors (Lipinski definition) is 3. The Kier molecular flexibility index (Phi) is 11.9. The molecule has 0 aromatic heterocycles. The molecule has 0 amide bonds. The van der Waals surface area contributed by atoms with Crippen LogP contribution in [0, 0.1) is 0 Å². The van der Waals surface area contributed by atoms with Gasteiger partial charge in [-0.25, -0.2) is 0 Å². The van der Waals surface area contributed by atoms with Crippen LogP contribution in [-0.2, 0) is 4.74 Å². The Morgan fingerprint density at radius 2 is 1.88 bits per heavy atom. The predicted octanol–water partition coefficient (Wildman–Crippen LogP) is 3.03. The molecular formula is C19H33IN4O. The molecule has 2 rings (SSSR count). The minimum absolute atomic E-state index is 0. The standard InChI is InChI=1S/C19H32N4O.HI/c1-3-5-11-21-19(20-4-2)22-16-18(17-9-7-6-8-10-17)23-12-14-24-15-13-23;/h6-10,18H,3-5,11-16H2,1-2H3,(H2,20,21,22);1H. The summed E-state index contributed by atoms with van der Waals surface area (Å²) in [7, 11) is 0. The summed E-state index contributed by atoms with van der Waals surface area (Å²) in [4.78, 5) is 7.33. The van der Waals surface area contributed by atoms with Gasteiger partial charge in [-0.15, -0.1) is 24.0 Å². The number of unbranched alkanes of at least 4 members (excludes halogenated alkanes) is 1. The van der Waals surface area contributed by atoms with Gasteiger partial charge < -0.3 is 15.4 Å². The smallest absolute Gasteiger partial charge is 0.191 e. The molecule has 1 aliphatic heterocycles. The third kappa shape index (κ3) is 7.92. The maximum absolute atomic E-state index is 5.51. The second-order valence-corrected chi connectivity index (χ2v) is 6.07. The summed E-state index contributed by atoms with van der Waals surface area (Å²) in [5, 5.41) is 6.77. The second kappa shape index (κ2) is 13.4. The summed E-state index contributed by atoms with van der Waals surface area (Å²) in [5.74, 6) is 0.917. The van der Waals surface area contributed by atoms with Crippen molar-refractivity contribution in [2.24, 2.45) is 4.99 Å². The minimum atomic E-state index is 0. The zero-order valence-corrected chi connectivity index (χ0v) is 17.9. The van der Waals surface area contributed by atoms with Crippen LogP contribution >= 0.6 is 24.0 Å². The summed E-state index contributed by atoms with van der Waals surface area (Å²) >= 11 is 0. The van der Waals surface area contributed by atoms with Gasteiger partial charge in [-0.2, -0.15) is 0 Å². The first-order chi connectivity index (χ1) is 11.8. The molecule has 0 saturated carbocycles. The molecule has 1 aromatic rings. The highest BCUT2D eigenvalue weighted by Crippen LogP contribution is 2.22. The maximum Gasteiger partial charge on any atom is 0.191 e. The van der Waals surface area contributed by atoms with Gasteiger partial charge in [0.05, 0.1) is 25.8 Å². The number of ether oxygens (including phenoxy) is 1. The van der Waals surface area contributed by atoms with Crippen molar-refractivity contribution in [1.82, 2.24) is 15.5 Å². The van der Waals surface area contributed by atoms with E-state index in [2.05, 4.69) is 59.7 Å². The molecule has 1 unspecified atom stereocenters. The highest BCUT2D eigenvalue weighted by molar-refractivity contribution is 14.0. The molecule has 1 atom stereocenters. The predicted molar refractivity (Wildman–Crippen MR) is 116 cm³/mol. The van der Waals surface area contributed by atoms with E-state index >= 15 is 0 Å². The summed E-state index contributed by atoms with van der Waals surface area (Å²) in [5.41, 5.74) is 1.33. The molecule has 0 spiro atoms. The van der Waals surface area contributed by atoms with E-state index in [1.165, 1.54) is 12.0 Å². The normalized spacial score (nSPS) is 16.8. The molecule has 0 aliphatic carbocycles. The Morgan fingerprint density at radius 3 is 2.52 bits per heavy atom. The molecule has 0 radical (unpaired) electrons. The van der Waals surface area contributed by atoms with Crippen LogP contribution in [0.1, 0.15) is 38.3 Å². The van der Waals surface area contributed by atoms with Crippen LogP contribution in [0.3, 0.4) is 0 Å². The maximum atomic E-state index is 5.51. The number of nitrogens with zero attached hydrogens (tertiary/aromatic N) is 2. The molecule has 6 heteroatoms. The lowest BCUT2D eigenvalue weighted by atomic mass is 10.1. The Bertz CT molecular complexity index is 478. The molecule has 142 valence electrons. The van der Waals surface area contributed by atoms with Gasteiger partial charge in [-0.3, -0.25) is 9.89 Å². The van der Waals surface area contributed by atoms with E-state index in [1.807, 2.05) is 0 Å². The molecule has 1 heterocycles. The molecule has 0 bridgehead atoms. The first-order valence-electron chi connectivity index (χ1n) is 9.24. The summed E-state index contributed by atoms with van der Waals surface area (Å²) in [6.07, 6.45) is 2.35. The number of morpholine rings is 1. The van der Waals surface area contributed by atoms with E-state index in [-0.39, 0.29) is 24.0 Å². The van der Waals surface area contributed by atoms with Crippen LogP contribution in [0.2, 0.25) is 0 Å². The van der Waals surface area contributed by atoms with Gasteiger partial charge in [0.2, 0.25) is 0 Å². The Labute approximate surface area is 169 Å². The zero-order chi connectivity index (χ0) is 17.0. The molecule has 25 heavy (non-hydrogen) atoms. The van der Waals surface area contributed by atoms with Gasteiger partial charge in [-0.05, 0) is 18.9 Å². The number of guanidine groups is 1. The van der Waals surface area contributed by atoms with E-state index in [1.54, 1.807) is 0 Å². The molecule has 2 N–H and O–H groups in total. The van der Waals surface area contributed by atoms with Gasteiger partial charge in [-0.1, -0.05) is 43.7 Å². The Morgan fingerprint density at radius 1 is 1.16 bits per heavy atom. The van der Waals surface area contributed by atoms with Crippen LogP contribution in [0.25, 0.3) is 0 Å². The van der Waals surface area contributed by atoms with Crippen LogP contribution < -0.4 is 10.6 Å². The third-order valence-corrected chi connectivity index (χ3v) is 4.26. The van der Waals surface area contributed by atoms with Crippen molar-refractivity contribution in [3.63, 3.8) is 0 Å². The third-order valence-electron chi connectivity index (χ3n) is 4.26. The number of benzene rings is 1. The monoisotopic (exact) mass is 460 g/mol. The Hall–Kier alpha value is -0.860. The zero-order valence-electron chi connectivity index (χ0n) is 15.5. The van der Waals surface area contributed by atoms with Crippen molar-refractivity contribution in [3.8, 4) is 0 Å². The lowest BCUT2D eigenvalue weighted by Gasteiger charge is -2.34. The van der Waals surface area contributed by atoms with Crippen molar-refractivity contribution in [1.29, 1.82) is 0 Å². The van der Waals surface area contributed by atoms with Crippen molar-refractivity contribution < 1.29 is 4.74 Å². The van der Waals surface area contributed by atoms with Crippen LogP contribution in [0.15, 0.2) is 35.3 Å². The number of nitrogens with one attached hydrogen (secondary N) is 2. The molecular weight excluding hydrogens is 427 g/mol. The lowest BCUT2D eigenvalue weighted by molar-refractivity contribution is 0.0179. The molecule has 1 aromatic carbocycles. The first-order valence-corrected chi connectivity index (χ1v) is 9.24. The lowest BCUT2D eigenvalue weighted by Crippen LogP contribution is -2.42. The van der Waals surface area contributed by atoms with Crippen molar-refractivity contribution in [2.75, 3.05) is 45.9 Å². The molecule has 1 aliphatic rings. The molecule has 1 saturated heterocycles. The van der Waals surface area contributed by atoms with Gasteiger partial charge in [0.1, 0.15) is 0 Å². The average Bonchev–Trinajstić information content (AvgIpc) is 2.64. The molecule has 1 fully saturated rings. The fourth-order valence-electron chi connectivity index (χ4n) is 2.90. The SMILES string of the molecule is CCCCNC(=NCC(c1ccccc1)N1CCOCC1)NCC.I. The minimum Gasteiger partial charge on any atom is -0.379 e. The summed E-state index contributed by atoms with van der Waals surface area (Å²) in [6.45, 7) is 10.5. The quantitative estimate of drug-likeness (QED) is 0.271. The van der Waals surface area contributed by atoms with E-state index in [4.69, 9.17) is 9.73 Å². The Balaban J connectivity index is 0.00000312. The fourth-order valence-corrected chi connectivity index (χ4v) is 2.90. The van der Waals surface area contributed by atoms with Gasteiger partial charge in [0.15, 0.2) is 5.96 Å². The topological polar surface area (TPSA) is 48.9 Å². The van der Waals surface area contributed by atoms with E-state index in [0.29, 0.717) is 6.04 Å². The number of aliphatic imine (C=N–C) groups is 1. The number of hydrogen-bond donors (Lipinski definition) is 2. The van der Waals surface area contributed by atoms with Gasteiger partial charge >= 0.3 is 0 Å². The highest BCUT2D eigenvalue weighted by Gasteiger charge is 2.22. The first kappa shape index (κ1) is 22.2. The van der Waals surface area contributed by atoms with E-state index in [9.17, 15) is 0 Å². The average molecular weight is 460 g/mol. The van der Waals surface area contributed by atoms with Crippen molar-refractivity contribution >= 4 is 29.9 Å². The number of rotatable bonds is 8. The molecule has 5 nitrogen and oxygen atoms in total. The van der Waals surface area contributed by atoms with Crippen LogP contribution in [0.4, 0.5) is 0 Å². The summed E-state index contributed by atoms with van der Waals surface area (Å²) < 4.78 is 5.51. The van der Waals surface area contributed by atoms with E-state index < -0.39 is 0 Å². The van der Waals surface area contributed by atoms with Crippen LogP contribution in [0.5, 0.6) is 0 Å².